The Morgan fingerprint density at radius 2 is 1.96 bits per heavy atom. The molecule has 0 atom stereocenters. The number of hydrogen-bond donors (Lipinski definition) is 1. The molecule has 1 amide bonds. The molecular weight excluding hydrogens is 328 g/mol. The predicted molar refractivity (Wildman–Crippen MR) is 96.2 cm³/mol. The van der Waals surface area contributed by atoms with Crippen LogP contribution in [-0.4, -0.2) is 51.2 Å². The van der Waals surface area contributed by atoms with Gasteiger partial charge in [0.2, 0.25) is 5.91 Å². The molecule has 2 fully saturated rings. The molecule has 0 aromatic heterocycles. The van der Waals surface area contributed by atoms with Crippen molar-refractivity contribution in [3.05, 3.63) is 23.8 Å². The van der Waals surface area contributed by atoms with Crippen molar-refractivity contribution in [3.8, 4) is 11.5 Å². The molecule has 2 saturated heterocycles. The number of ether oxygens (including phenoxy) is 2. The van der Waals surface area contributed by atoms with E-state index in [0.29, 0.717) is 11.8 Å². The molecule has 2 aliphatic heterocycles. The number of nitrogens with zero attached hydrogens (tertiary/aromatic N) is 1. The largest absolute Gasteiger partial charge is 0.497 e. The number of carbonyl (C=O) groups excluding carboxylic acids is 1. The lowest BCUT2D eigenvalue weighted by Gasteiger charge is -2.39. The lowest BCUT2D eigenvalue weighted by molar-refractivity contribution is -0.132. The zero-order chi connectivity index (χ0) is 16.3. The van der Waals surface area contributed by atoms with Crippen LogP contribution in [0.1, 0.15) is 24.8 Å². The SMILES string of the molecule is COc1ccc(OC)c(CC(=O)N2CCC3(CCNC3)CC2)c1.Cl. The van der Waals surface area contributed by atoms with E-state index in [0.717, 1.165) is 56.1 Å². The molecule has 0 saturated carbocycles. The lowest BCUT2D eigenvalue weighted by atomic mass is 9.78. The number of nitrogens with one attached hydrogen (secondary N) is 1. The molecule has 1 aromatic rings. The molecule has 1 spiro atoms. The molecule has 6 heteroatoms. The van der Waals surface area contributed by atoms with Gasteiger partial charge in [-0.1, -0.05) is 0 Å². The van der Waals surface area contributed by atoms with Crippen molar-refractivity contribution >= 4 is 18.3 Å². The molecule has 3 rings (SSSR count). The number of methoxy groups -OCH3 is 2. The molecule has 0 unspecified atom stereocenters. The number of benzene rings is 1. The van der Waals surface area contributed by atoms with Gasteiger partial charge in [0, 0.05) is 25.2 Å². The van der Waals surface area contributed by atoms with Gasteiger partial charge >= 0.3 is 0 Å². The first-order valence-electron chi connectivity index (χ1n) is 8.35. The Morgan fingerprint density at radius 3 is 2.54 bits per heavy atom. The van der Waals surface area contributed by atoms with E-state index in [1.807, 2.05) is 23.1 Å². The van der Waals surface area contributed by atoms with E-state index in [1.54, 1.807) is 14.2 Å². The van der Waals surface area contributed by atoms with Crippen LogP contribution in [0.3, 0.4) is 0 Å². The zero-order valence-corrected chi connectivity index (χ0v) is 15.3. The first kappa shape index (κ1) is 18.9. The van der Waals surface area contributed by atoms with E-state index in [1.165, 1.54) is 6.42 Å². The number of hydrogen-bond acceptors (Lipinski definition) is 4. The van der Waals surface area contributed by atoms with E-state index in [2.05, 4.69) is 5.32 Å². The second-order valence-electron chi connectivity index (χ2n) is 6.66. The van der Waals surface area contributed by atoms with E-state index in [-0.39, 0.29) is 18.3 Å². The maximum Gasteiger partial charge on any atom is 0.227 e. The van der Waals surface area contributed by atoms with Crippen molar-refractivity contribution in [2.24, 2.45) is 5.41 Å². The van der Waals surface area contributed by atoms with Crippen molar-refractivity contribution < 1.29 is 14.3 Å². The van der Waals surface area contributed by atoms with E-state index < -0.39 is 0 Å². The minimum absolute atomic E-state index is 0. The predicted octanol–water partition coefficient (Wildman–Crippen LogP) is 2.27. The fraction of sp³-hybridized carbons (Fsp3) is 0.611. The normalized spacial score (nSPS) is 19.0. The van der Waals surface area contributed by atoms with Gasteiger partial charge in [-0.15, -0.1) is 12.4 Å². The Hall–Kier alpha value is -1.46. The van der Waals surface area contributed by atoms with Crippen molar-refractivity contribution in [1.29, 1.82) is 0 Å². The van der Waals surface area contributed by atoms with Crippen LogP contribution in [0.25, 0.3) is 0 Å². The summed E-state index contributed by atoms with van der Waals surface area (Å²) in [6.07, 6.45) is 3.84. The average Bonchev–Trinajstić information content (AvgIpc) is 3.03. The van der Waals surface area contributed by atoms with Crippen LogP contribution in [0.4, 0.5) is 0 Å². The number of rotatable bonds is 4. The van der Waals surface area contributed by atoms with Crippen LogP contribution in [0.2, 0.25) is 0 Å². The number of carbonyl (C=O) groups is 1. The van der Waals surface area contributed by atoms with Gasteiger partial charge in [0.1, 0.15) is 11.5 Å². The lowest BCUT2D eigenvalue weighted by Crippen LogP contribution is -2.44. The number of halogens is 1. The second-order valence-corrected chi connectivity index (χ2v) is 6.66. The monoisotopic (exact) mass is 354 g/mol. The molecule has 134 valence electrons. The minimum Gasteiger partial charge on any atom is -0.497 e. The summed E-state index contributed by atoms with van der Waals surface area (Å²) in [7, 11) is 3.26. The Bertz CT molecular complexity index is 563. The Kier molecular flexibility index (Phi) is 6.35. The highest BCUT2D eigenvalue weighted by atomic mass is 35.5. The van der Waals surface area contributed by atoms with Crippen LogP contribution < -0.4 is 14.8 Å². The molecule has 1 aromatic carbocycles. The van der Waals surface area contributed by atoms with Gasteiger partial charge < -0.3 is 19.7 Å². The summed E-state index contributed by atoms with van der Waals surface area (Å²) in [5, 5.41) is 3.46. The standard InChI is InChI=1S/C18H26N2O3.ClH/c1-22-15-3-4-16(23-2)14(11-15)12-17(21)20-9-6-18(7-10-20)5-8-19-13-18;/h3-4,11,19H,5-10,12-13H2,1-2H3;1H. The topological polar surface area (TPSA) is 50.8 Å². The van der Waals surface area contributed by atoms with Crippen molar-refractivity contribution in [2.75, 3.05) is 40.4 Å². The van der Waals surface area contributed by atoms with E-state index >= 15 is 0 Å². The van der Waals surface area contributed by atoms with Gasteiger partial charge in [-0.2, -0.15) is 0 Å². The van der Waals surface area contributed by atoms with Crippen molar-refractivity contribution in [1.82, 2.24) is 10.2 Å². The highest BCUT2D eigenvalue weighted by Crippen LogP contribution is 2.37. The third-order valence-electron chi connectivity index (χ3n) is 5.34. The van der Waals surface area contributed by atoms with E-state index in [4.69, 9.17) is 9.47 Å². The quantitative estimate of drug-likeness (QED) is 0.901. The smallest absolute Gasteiger partial charge is 0.227 e. The maximum absolute atomic E-state index is 12.7. The van der Waals surface area contributed by atoms with Crippen LogP contribution in [0, 0.1) is 5.41 Å². The van der Waals surface area contributed by atoms with Crippen LogP contribution in [0.15, 0.2) is 18.2 Å². The maximum atomic E-state index is 12.7. The van der Waals surface area contributed by atoms with Crippen LogP contribution >= 0.6 is 12.4 Å². The molecule has 24 heavy (non-hydrogen) atoms. The number of piperidine rings is 1. The second kappa shape index (κ2) is 8.08. The molecule has 2 aliphatic rings. The van der Waals surface area contributed by atoms with Crippen molar-refractivity contribution in [2.45, 2.75) is 25.7 Å². The molecule has 0 aliphatic carbocycles. The van der Waals surface area contributed by atoms with Gasteiger partial charge in [0.15, 0.2) is 0 Å². The third kappa shape index (κ3) is 3.95. The van der Waals surface area contributed by atoms with Gasteiger partial charge in [-0.05, 0) is 49.4 Å². The first-order valence-corrected chi connectivity index (χ1v) is 8.35. The summed E-state index contributed by atoms with van der Waals surface area (Å²) in [6, 6.07) is 5.60. The van der Waals surface area contributed by atoms with Crippen LogP contribution in [0.5, 0.6) is 11.5 Å². The van der Waals surface area contributed by atoms with Gasteiger partial charge in [-0.3, -0.25) is 4.79 Å². The summed E-state index contributed by atoms with van der Waals surface area (Å²) >= 11 is 0. The number of amides is 1. The molecule has 2 heterocycles. The highest BCUT2D eigenvalue weighted by Gasteiger charge is 2.38. The van der Waals surface area contributed by atoms with Crippen molar-refractivity contribution in [3.63, 3.8) is 0 Å². The first-order chi connectivity index (χ1) is 11.2. The Morgan fingerprint density at radius 1 is 1.21 bits per heavy atom. The molecule has 0 bridgehead atoms. The summed E-state index contributed by atoms with van der Waals surface area (Å²) in [6.45, 7) is 3.97. The van der Waals surface area contributed by atoms with Gasteiger partial charge in [0.05, 0.1) is 20.6 Å². The average molecular weight is 355 g/mol. The molecule has 5 nitrogen and oxygen atoms in total. The summed E-state index contributed by atoms with van der Waals surface area (Å²) in [4.78, 5) is 14.7. The Labute approximate surface area is 150 Å². The molecular formula is C18H27ClN2O3. The fourth-order valence-electron chi connectivity index (χ4n) is 3.75. The zero-order valence-electron chi connectivity index (χ0n) is 14.5. The fourth-order valence-corrected chi connectivity index (χ4v) is 3.75. The van der Waals surface area contributed by atoms with E-state index in [9.17, 15) is 4.79 Å². The minimum atomic E-state index is 0. The number of likely N-dealkylation sites (tertiary alicyclic amines) is 1. The van der Waals surface area contributed by atoms with Crippen LogP contribution in [-0.2, 0) is 11.2 Å². The summed E-state index contributed by atoms with van der Waals surface area (Å²) in [5.41, 5.74) is 1.32. The third-order valence-corrected chi connectivity index (χ3v) is 5.34. The summed E-state index contributed by atoms with van der Waals surface area (Å²) in [5.74, 6) is 1.67. The van der Waals surface area contributed by atoms with Gasteiger partial charge in [-0.25, -0.2) is 0 Å². The van der Waals surface area contributed by atoms with Gasteiger partial charge in [0.25, 0.3) is 0 Å². The highest BCUT2D eigenvalue weighted by molar-refractivity contribution is 5.85. The molecule has 0 radical (unpaired) electrons. The summed E-state index contributed by atoms with van der Waals surface area (Å²) < 4.78 is 10.6. The Balaban J connectivity index is 0.00000208. The molecule has 1 N–H and O–H groups in total.